The minimum absolute atomic E-state index is 0.197. The normalized spacial score (nSPS) is 16.0. The number of nitro groups is 2. The number of nitro benzene ring substituents is 2. The predicted octanol–water partition coefficient (Wildman–Crippen LogP) is 2.49. The summed E-state index contributed by atoms with van der Waals surface area (Å²) in [6, 6.07) is 4.15. The van der Waals surface area contributed by atoms with E-state index in [9.17, 15) is 20.2 Å². The molecule has 0 spiro atoms. The van der Waals surface area contributed by atoms with Crippen molar-refractivity contribution in [3.05, 3.63) is 44.0 Å². The van der Waals surface area contributed by atoms with Crippen LogP contribution in [-0.2, 0) is 6.54 Å². The van der Waals surface area contributed by atoms with Crippen LogP contribution in [0.3, 0.4) is 0 Å². The number of hydrogen-bond acceptors (Lipinski definition) is 6. The Morgan fingerprint density at radius 1 is 1.20 bits per heavy atom. The van der Waals surface area contributed by atoms with Crippen LogP contribution in [0.5, 0.6) is 0 Å². The summed E-state index contributed by atoms with van der Waals surface area (Å²) >= 11 is 1.91. The third-order valence-corrected chi connectivity index (χ3v) is 4.33. The van der Waals surface area contributed by atoms with E-state index in [0.29, 0.717) is 18.2 Å². The maximum absolute atomic E-state index is 11.0. The topological polar surface area (TPSA) is 98.3 Å². The fourth-order valence-corrected chi connectivity index (χ4v) is 3.25. The molecule has 1 aromatic carbocycles. The maximum atomic E-state index is 11.0. The van der Waals surface area contributed by atoms with Crippen molar-refractivity contribution in [3.8, 4) is 0 Å². The Kier molecular flexibility index (Phi) is 4.91. The highest BCUT2D eigenvalue weighted by Gasteiger charge is 2.20. The minimum atomic E-state index is -0.622. The Bertz CT molecular complexity index is 517. The van der Waals surface area contributed by atoms with Gasteiger partial charge in [-0.25, -0.2) is 0 Å². The van der Waals surface area contributed by atoms with Gasteiger partial charge in [0, 0.05) is 24.2 Å². The van der Waals surface area contributed by atoms with Crippen molar-refractivity contribution in [2.75, 3.05) is 11.5 Å². The molecule has 0 aromatic heterocycles. The molecule has 0 saturated carbocycles. The molecule has 0 bridgehead atoms. The summed E-state index contributed by atoms with van der Waals surface area (Å²) < 4.78 is 0. The van der Waals surface area contributed by atoms with E-state index in [1.54, 1.807) is 0 Å². The number of hydrogen-bond donors (Lipinski definition) is 1. The molecule has 1 N–H and O–H groups in total. The van der Waals surface area contributed by atoms with Crippen LogP contribution in [0.1, 0.15) is 18.4 Å². The summed E-state index contributed by atoms with van der Waals surface area (Å²) in [5, 5.41) is 25.0. The Morgan fingerprint density at radius 2 is 1.90 bits per heavy atom. The van der Waals surface area contributed by atoms with Gasteiger partial charge in [-0.15, -0.1) is 0 Å². The molecule has 1 aliphatic rings. The molecule has 0 unspecified atom stereocenters. The quantitative estimate of drug-likeness (QED) is 0.662. The molecule has 0 atom stereocenters. The molecule has 1 aromatic rings. The summed E-state index contributed by atoms with van der Waals surface area (Å²) in [5.41, 5.74) is 0.0326. The molecule has 8 heteroatoms. The molecule has 1 aliphatic heterocycles. The summed E-state index contributed by atoms with van der Waals surface area (Å²) in [7, 11) is 0. The molecule has 7 nitrogen and oxygen atoms in total. The lowest BCUT2D eigenvalue weighted by Crippen LogP contribution is -2.32. The van der Waals surface area contributed by atoms with Crippen LogP contribution >= 0.6 is 11.8 Å². The van der Waals surface area contributed by atoms with Crippen LogP contribution in [-0.4, -0.2) is 27.4 Å². The van der Waals surface area contributed by atoms with Gasteiger partial charge >= 0.3 is 0 Å². The van der Waals surface area contributed by atoms with Crippen molar-refractivity contribution in [3.63, 3.8) is 0 Å². The zero-order valence-electron chi connectivity index (χ0n) is 10.8. The molecule has 0 amide bonds. The molecule has 108 valence electrons. The van der Waals surface area contributed by atoms with Crippen molar-refractivity contribution in [2.45, 2.75) is 25.4 Å². The van der Waals surface area contributed by atoms with Crippen LogP contribution < -0.4 is 5.32 Å². The Hall–Kier alpha value is -1.67. The molecule has 1 fully saturated rings. The molecule has 2 rings (SSSR count). The first-order valence-electron chi connectivity index (χ1n) is 6.31. The fourth-order valence-electron chi connectivity index (χ4n) is 2.14. The molecular weight excluding hydrogens is 282 g/mol. The van der Waals surface area contributed by atoms with Crippen LogP contribution in [0.25, 0.3) is 0 Å². The van der Waals surface area contributed by atoms with Gasteiger partial charge in [-0.05, 0) is 30.4 Å². The van der Waals surface area contributed by atoms with E-state index in [1.165, 1.54) is 12.1 Å². The number of benzene rings is 1. The number of thioether (sulfide) groups is 1. The molecule has 1 saturated heterocycles. The second-order valence-electron chi connectivity index (χ2n) is 4.59. The molecule has 1 heterocycles. The summed E-state index contributed by atoms with van der Waals surface area (Å²) in [5.74, 6) is 2.19. The third kappa shape index (κ3) is 3.67. The highest BCUT2D eigenvalue weighted by Crippen LogP contribution is 2.25. The van der Waals surface area contributed by atoms with E-state index >= 15 is 0 Å². The third-order valence-electron chi connectivity index (χ3n) is 3.28. The van der Waals surface area contributed by atoms with Crippen LogP contribution in [0.2, 0.25) is 0 Å². The van der Waals surface area contributed by atoms with E-state index in [-0.39, 0.29) is 11.4 Å². The van der Waals surface area contributed by atoms with Crippen LogP contribution in [0, 0.1) is 20.2 Å². The van der Waals surface area contributed by atoms with Gasteiger partial charge in [-0.1, -0.05) is 0 Å². The highest BCUT2D eigenvalue weighted by atomic mass is 32.2. The van der Waals surface area contributed by atoms with Crippen molar-refractivity contribution < 1.29 is 9.85 Å². The zero-order valence-corrected chi connectivity index (χ0v) is 11.6. The van der Waals surface area contributed by atoms with Gasteiger partial charge in [0.2, 0.25) is 0 Å². The lowest BCUT2D eigenvalue weighted by Gasteiger charge is -2.22. The van der Waals surface area contributed by atoms with Gasteiger partial charge in [0.15, 0.2) is 0 Å². The number of non-ortho nitro benzene ring substituents is 1. The fraction of sp³-hybridized carbons (Fsp3) is 0.500. The summed E-state index contributed by atoms with van der Waals surface area (Å²) in [6.07, 6.45) is 2.09. The van der Waals surface area contributed by atoms with Gasteiger partial charge in [-0.2, -0.15) is 11.8 Å². The van der Waals surface area contributed by atoms with E-state index < -0.39 is 9.85 Å². The average Bonchev–Trinajstić information content (AvgIpc) is 2.45. The van der Waals surface area contributed by atoms with Gasteiger partial charge in [-0.3, -0.25) is 20.2 Å². The first kappa shape index (κ1) is 14.7. The number of nitrogens with zero attached hydrogens (tertiary/aromatic N) is 2. The van der Waals surface area contributed by atoms with E-state index in [0.717, 1.165) is 30.4 Å². The number of nitrogens with one attached hydrogen (secondary N) is 1. The Labute approximate surface area is 120 Å². The molecule has 0 aliphatic carbocycles. The molecular formula is C12H15N3O4S. The van der Waals surface area contributed by atoms with Gasteiger partial charge in [0.05, 0.1) is 15.9 Å². The van der Waals surface area contributed by atoms with Crippen LogP contribution in [0.15, 0.2) is 18.2 Å². The predicted molar refractivity (Wildman–Crippen MR) is 76.9 cm³/mol. The van der Waals surface area contributed by atoms with E-state index in [1.807, 2.05) is 11.8 Å². The second-order valence-corrected chi connectivity index (χ2v) is 5.82. The van der Waals surface area contributed by atoms with Gasteiger partial charge < -0.3 is 5.32 Å². The van der Waals surface area contributed by atoms with E-state index in [4.69, 9.17) is 0 Å². The molecule has 20 heavy (non-hydrogen) atoms. The van der Waals surface area contributed by atoms with Crippen molar-refractivity contribution in [1.29, 1.82) is 0 Å². The monoisotopic (exact) mass is 297 g/mol. The number of rotatable bonds is 5. The van der Waals surface area contributed by atoms with Crippen molar-refractivity contribution in [1.82, 2.24) is 5.32 Å². The summed E-state index contributed by atoms with van der Waals surface area (Å²) in [4.78, 5) is 20.5. The summed E-state index contributed by atoms with van der Waals surface area (Å²) in [6.45, 7) is 0.365. The SMILES string of the molecule is O=[N+]([O-])c1ccc(CNC2CCSCC2)c([N+](=O)[O-])c1. The molecule has 0 radical (unpaired) electrons. The Morgan fingerprint density at radius 3 is 2.50 bits per heavy atom. The first-order valence-corrected chi connectivity index (χ1v) is 7.46. The first-order chi connectivity index (χ1) is 9.58. The Balaban J connectivity index is 2.09. The van der Waals surface area contributed by atoms with Gasteiger partial charge in [0.1, 0.15) is 0 Å². The lowest BCUT2D eigenvalue weighted by atomic mass is 10.1. The minimum Gasteiger partial charge on any atom is -0.310 e. The standard InChI is InChI=1S/C12H15N3O4S/c16-14(17)11-2-1-9(12(7-11)15(18)19)8-13-10-3-5-20-6-4-10/h1-2,7,10,13H,3-6,8H2. The smallest absolute Gasteiger partial charge is 0.280 e. The average molecular weight is 297 g/mol. The maximum Gasteiger partial charge on any atom is 0.280 e. The van der Waals surface area contributed by atoms with E-state index in [2.05, 4.69) is 5.32 Å². The van der Waals surface area contributed by atoms with Crippen molar-refractivity contribution >= 4 is 23.1 Å². The largest absolute Gasteiger partial charge is 0.310 e. The van der Waals surface area contributed by atoms with Crippen LogP contribution in [0.4, 0.5) is 11.4 Å². The highest BCUT2D eigenvalue weighted by molar-refractivity contribution is 7.99. The van der Waals surface area contributed by atoms with Crippen molar-refractivity contribution in [2.24, 2.45) is 0 Å². The zero-order chi connectivity index (χ0) is 14.5. The lowest BCUT2D eigenvalue weighted by molar-refractivity contribution is -0.394. The second kappa shape index (κ2) is 6.67. The van der Waals surface area contributed by atoms with Gasteiger partial charge in [0.25, 0.3) is 11.4 Å².